The van der Waals surface area contributed by atoms with Crippen molar-refractivity contribution in [2.24, 2.45) is 0 Å². The fourth-order valence-corrected chi connectivity index (χ4v) is 2.20. The first-order valence-electron chi connectivity index (χ1n) is 5.94. The topological polar surface area (TPSA) is 47.3 Å². The van der Waals surface area contributed by atoms with Gasteiger partial charge in [0.25, 0.3) is 0 Å². The lowest BCUT2D eigenvalue weighted by Gasteiger charge is -2.20. The van der Waals surface area contributed by atoms with Crippen molar-refractivity contribution < 1.29 is 6.52 Å². The highest BCUT2D eigenvalue weighted by molar-refractivity contribution is 7.26. The van der Waals surface area contributed by atoms with Gasteiger partial charge in [0, 0.05) is 20.6 Å². The van der Waals surface area contributed by atoms with E-state index in [1.54, 1.807) is 0 Å². The standard InChI is InChI=1S/C11H23N2OP/c1-4-5-6-7-11(15-12)9-13(3)8-10(2)14/h11-12,14H,2,4-9H2,1,3H3/t11-/m0/s1/i/hH. The zero-order valence-corrected chi connectivity index (χ0v) is 10.7. The molecule has 0 amide bonds. The van der Waals surface area contributed by atoms with Gasteiger partial charge >= 0.3 is 0 Å². The molecular formula is C11H23N2OP. The van der Waals surface area contributed by atoms with E-state index in [-0.39, 0.29) is 5.76 Å². The molecule has 0 unspecified atom stereocenters. The number of nitrogens with one attached hydrogen (secondary N) is 1. The number of aliphatic hydroxyl groups excluding tert-OH is 1. The second-order valence-electron chi connectivity index (χ2n) is 4.03. The highest BCUT2D eigenvalue weighted by Crippen LogP contribution is 2.16. The van der Waals surface area contributed by atoms with Crippen molar-refractivity contribution in [2.45, 2.75) is 38.3 Å². The van der Waals surface area contributed by atoms with Crippen LogP contribution in [0.5, 0.6) is 0 Å². The Hall–Kier alpha value is -0.400. The van der Waals surface area contributed by atoms with Crippen molar-refractivity contribution >= 4 is 8.37 Å². The molecule has 0 radical (unpaired) electrons. The van der Waals surface area contributed by atoms with Crippen molar-refractivity contribution in [1.29, 1.82) is 5.15 Å². The lowest BCUT2D eigenvalue weighted by Crippen LogP contribution is -2.28. The molecule has 0 rings (SSSR count). The average molecular weight is 230 g/mol. The van der Waals surface area contributed by atoms with Crippen molar-refractivity contribution in [3.05, 3.63) is 12.3 Å². The predicted molar refractivity (Wildman–Crippen MR) is 66.8 cm³/mol. The van der Waals surface area contributed by atoms with E-state index in [0.29, 0.717) is 12.2 Å². The van der Waals surface area contributed by atoms with Gasteiger partial charge in [-0.3, -0.25) is 10.1 Å². The summed E-state index contributed by atoms with van der Waals surface area (Å²) in [4.78, 5) is 2.02. The molecule has 0 fully saturated rings. The fraction of sp³-hybridized carbons (Fsp3) is 0.818. The number of hydrogen-bond acceptors (Lipinski definition) is 3. The quantitative estimate of drug-likeness (QED) is 0.361. The van der Waals surface area contributed by atoms with Gasteiger partial charge in [-0.2, -0.15) is 0 Å². The summed E-state index contributed by atoms with van der Waals surface area (Å²) in [6.45, 7) is 7.01. The molecule has 1 atom stereocenters. The van der Waals surface area contributed by atoms with Crippen LogP contribution < -0.4 is 0 Å². The molecule has 0 aromatic carbocycles. The molecule has 0 aromatic heterocycles. The summed E-state index contributed by atoms with van der Waals surface area (Å²) in [5, 5.41) is 12.5. The highest BCUT2D eigenvalue weighted by Gasteiger charge is 2.09. The number of aliphatic hydroxyl groups is 1. The van der Waals surface area contributed by atoms with Crippen molar-refractivity contribution in [3.8, 4) is 0 Å². The maximum Gasteiger partial charge on any atom is 0.192 e. The van der Waals surface area contributed by atoms with E-state index >= 15 is 0 Å². The van der Waals surface area contributed by atoms with Crippen LogP contribution in [0.4, 0.5) is 0 Å². The Kier molecular flexibility index (Phi) is 7.49. The van der Waals surface area contributed by atoms with Gasteiger partial charge in [-0.25, -0.2) is 0 Å². The van der Waals surface area contributed by atoms with Gasteiger partial charge in [-0.15, -0.1) is 0 Å². The van der Waals surface area contributed by atoms with E-state index in [4.69, 9.17) is 6.52 Å². The molecule has 0 saturated heterocycles. The van der Waals surface area contributed by atoms with Crippen LogP contribution in [0.1, 0.15) is 32.6 Å². The lowest BCUT2D eigenvalue weighted by atomic mass is 10.1. The summed E-state index contributed by atoms with van der Waals surface area (Å²) in [6, 6.07) is 0. The van der Waals surface area contributed by atoms with Gasteiger partial charge in [0.15, 0.2) is 1.41 Å². The Morgan fingerprint density at radius 1 is 1.67 bits per heavy atom. The van der Waals surface area contributed by atoms with Gasteiger partial charge in [-0.05, 0) is 13.5 Å². The van der Waals surface area contributed by atoms with E-state index in [2.05, 4.69) is 18.7 Å². The Labute approximate surface area is 96.3 Å². The first kappa shape index (κ1) is 12.7. The minimum Gasteiger partial charge on any atom is -0.512 e. The number of unbranched alkanes of at least 4 members (excludes halogenated alkanes) is 2. The third kappa shape index (κ3) is 8.59. The Bertz CT molecular complexity index is 224. The van der Waals surface area contributed by atoms with E-state index in [0.717, 1.165) is 21.3 Å². The molecule has 3 nitrogen and oxygen atoms in total. The third-order valence-corrected chi connectivity index (χ3v) is 3.03. The van der Waals surface area contributed by atoms with Gasteiger partial charge in [-0.1, -0.05) is 32.8 Å². The third-order valence-electron chi connectivity index (χ3n) is 2.28. The number of nitrogens with zero attached hydrogens (tertiary/aromatic N) is 1. The smallest absolute Gasteiger partial charge is 0.192 e. The van der Waals surface area contributed by atoms with Crippen LogP contribution in [0.3, 0.4) is 0 Å². The zero-order valence-electron chi connectivity index (χ0n) is 10.8. The lowest BCUT2D eigenvalue weighted by molar-refractivity contribution is 0.288. The van der Waals surface area contributed by atoms with Crippen LogP contribution in [0, 0.1) is 5.15 Å². The van der Waals surface area contributed by atoms with E-state index in [1.165, 1.54) is 19.3 Å². The Balaban J connectivity index is 3.95. The molecule has 0 aromatic rings. The van der Waals surface area contributed by atoms with Gasteiger partial charge in [0.05, 0.1) is 12.3 Å². The number of hydrogen-bond donors (Lipinski definition) is 2. The second kappa shape index (κ2) is 8.87. The molecule has 0 spiro atoms. The Morgan fingerprint density at radius 3 is 2.93 bits per heavy atom. The summed E-state index contributed by atoms with van der Waals surface area (Å²) < 4.78 is 6.93. The zero-order chi connectivity index (χ0) is 12.4. The van der Waals surface area contributed by atoms with Gasteiger partial charge in [0.1, 0.15) is 0 Å². The molecule has 0 aliphatic carbocycles. The first-order valence-corrected chi connectivity index (χ1v) is 6.41. The van der Waals surface area contributed by atoms with E-state index in [9.17, 15) is 0 Å². The van der Waals surface area contributed by atoms with E-state index in [1.807, 2.05) is 11.9 Å². The average Bonchev–Trinajstić information content (AvgIpc) is 2.16. The number of rotatable bonds is 9. The van der Waals surface area contributed by atoms with Crippen LogP contribution in [0.25, 0.3) is 0 Å². The molecule has 0 saturated carbocycles. The van der Waals surface area contributed by atoms with E-state index < -0.39 is 0 Å². The minimum atomic E-state index is 0.189. The molecule has 4 heteroatoms. The first-order chi connectivity index (χ1) is 7.60. The van der Waals surface area contributed by atoms with Crippen molar-refractivity contribution in [1.82, 2.24) is 4.90 Å². The maximum absolute atomic E-state index is 9.08. The monoisotopic (exact) mass is 230 g/mol. The predicted octanol–water partition coefficient (Wildman–Crippen LogP) is 3.65. The molecule has 15 heavy (non-hydrogen) atoms. The van der Waals surface area contributed by atoms with Crippen LogP contribution in [-0.2, 0) is 0 Å². The fourth-order valence-electron chi connectivity index (χ4n) is 1.55. The largest absolute Gasteiger partial charge is 0.512 e. The SMILES string of the molecule is [1H]N=P[C@@H](CCCCC)CN(C)CC(=C)O. The van der Waals surface area contributed by atoms with Crippen molar-refractivity contribution in [2.75, 3.05) is 20.1 Å². The summed E-state index contributed by atoms with van der Waals surface area (Å²) in [5.41, 5.74) is 0.397. The van der Waals surface area contributed by atoms with Gasteiger partial charge in [0.2, 0.25) is 0 Å². The normalized spacial score (nSPS) is 14.5. The molecule has 0 heterocycles. The Morgan fingerprint density at radius 2 is 2.40 bits per heavy atom. The molecule has 0 aliphatic heterocycles. The van der Waals surface area contributed by atoms with Crippen LogP contribution >= 0.6 is 8.37 Å². The maximum atomic E-state index is 9.08. The summed E-state index contributed by atoms with van der Waals surface area (Å²) in [5.74, 6) is 0.189. The summed E-state index contributed by atoms with van der Waals surface area (Å²) >= 11 is 0. The van der Waals surface area contributed by atoms with Crippen molar-refractivity contribution in [3.63, 3.8) is 0 Å². The molecule has 0 bridgehead atoms. The molecule has 2 N–H and O–H groups in total. The van der Waals surface area contributed by atoms with Crippen LogP contribution in [-0.4, -0.2) is 35.8 Å². The molecule has 88 valence electrons. The van der Waals surface area contributed by atoms with Crippen LogP contribution in [0.15, 0.2) is 12.3 Å². The highest BCUT2D eigenvalue weighted by atomic mass is 31.1. The summed E-state index contributed by atoms with van der Waals surface area (Å²) in [6.07, 6.45) is 4.74. The number of likely N-dealkylation sites (N-methyl/N-ethyl adjacent to an activating group) is 1. The van der Waals surface area contributed by atoms with Crippen LogP contribution in [0.2, 0.25) is 1.41 Å². The minimum absolute atomic E-state index is 0.189. The molecule has 0 aliphatic rings. The van der Waals surface area contributed by atoms with Gasteiger partial charge < -0.3 is 5.11 Å². The second-order valence-corrected chi connectivity index (χ2v) is 4.99. The molecular weight excluding hydrogens is 207 g/mol. The summed E-state index contributed by atoms with van der Waals surface area (Å²) in [7, 11) is 2.79.